The minimum atomic E-state index is -0.285. The summed E-state index contributed by atoms with van der Waals surface area (Å²) < 4.78 is 15.5. The number of benzene rings is 1. The normalized spacial score (nSPS) is 15.6. The number of hydrogen-bond donors (Lipinski definition) is 0. The van der Waals surface area contributed by atoms with Gasteiger partial charge in [0.25, 0.3) is 0 Å². The summed E-state index contributed by atoms with van der Waals surface area (Å²) in [4.78, 5) is 16.9. The SMILES string of the molecule is C[C@@H](c1nnc(SCC(=O)N(C)Cc2ccsc2)n1-c1ccc(F)cc1)N1CCCCC1. The Labute approximate surface area is 196 Å². The van der Waals surface area contributed by atoms with Crippen molar-refractivity contribution in [1.82, 2.24) is 24.6 Å². The monoisotopic (exact) mass is 473 g/mol. The number of thioether (sulfide) groups is 1. The standard InChI is InChI=1S/C23H28FN5OS2/c1-17(28-11-4-3-5-12-28)22-25-26-23(29(22)20-8-6-19(24)7-9-20)32-16-21(30)27(2)14-18-10-13-31-15-18/h6-10,13,15,17H,3-5,11-12,14,16H2,1-2H3/t17-/m0/s1. The first kappa shape index (κ1) is 22.9. The number of likely N-dealkylation sites (tertiary alicyclic amines) is 1. The zero-order valence-corrected chi connectivity index (χ0v) is 20.0. The Bertz CT molecular complexity index is 1020. The molecule has 6 nitrogen and oxygen atoms in total. The third-order valence-corrected chi connectivity index (χ3v) is 7.45. The van der Waals surface area contributed by atoms with Crippen LogP contribution in [0, 0.1) is 5.82 Å². The average Bonchev–Trinajstić information content (AvgIpc) is 3.48. The van der Waals surface area contributed by atoms with Gasteiger partial charge in [-0.3, -0.25) is 14.3 Å². The van der Waals surface area contributed by atoms with Gasteiger partial charge < -0.3 is 4.90 Å². The molecule has 170 valence electrons. The predicted molar refractivity (Wildman–Crippen MR) is 127 cm³/mol. The smallest absolute Gasteiger partial charge is 0.233 e. The maximum Gasteiger partial charge on any atom is 0.233 e. The molecule has 1 aliphatic rings. The van der Waals surface area contributed by atoms with Gasteiger partial charge in [-0.15, -0.1) is 10.2 Å². The lowest BCUT2D eigenvalue weighted by Gasteiger charge is -2.31. The van der Waals surface area contributed by atoms with Crippen LogP contribution in [0.25, 0.3) is 5.69 Å². The topological polar surface area (TPSA) is 54.3 Å². The van der Waals surface area contributed by atoms with E-state index >= 15 is 0 Å². The molecule has 0 saturated carbocycles. The number of piperidine rings is 1. The Balaban J connectivity index is 1.53. The molecule has 0 spiro atoms. The molecule has 0 aliphatic carbocycles. The van der Waals surface area contributed by atoms with Crippen LogP contribution in [0.5, 0.6) is 0 Å². The van der Waals surface area contributed by atoms with Gasteiger partial charge in [-0.25, -0.2) is 4.39 Å². The quantitative estimate of drug-likeness (QED) is 0.441. The molecule has 0 radical (unpaired) electrons. The van der Waals surface area contributed by atoms with Crippen LogP contribution in [0.15, 0.2) is 46.2 Å². The molecule has 32 heavy (non-hydrogen) atoms. The van der Waals surface area contributed by atoms with E-state index in [0.717, 1.165) is 30.2 Å². The van der Waals surface area contributed by atoms with Gasteiger partial charge in [0.05, 0.1) is 11.8 Å². The van der Waals surface area contributed by atoms with E-state index in [2.05, 4.69) is 27.4 Å². The van der Waals surface area contributed by atoms with E-state index < -0.39 is 0 Å². The van der Waals surface area contributed by atoms with E-state index in [1.165, 1.54) is 43.2 Å². The van der Waals surface area contributed by atoms with Crippen LogP contribution >= 0.6 is 23.1 Å². The van der Waals surface area contributed by atoms with Crippen molar-refractivity contribution in [1.29, 1.82) is 0 Å². The van der Waals surface area contributed by atoms with Gasteiger partial charge in [-0.1, -0.05) is 18.2 Å². The molecule has 3 heterocycles. The number of carbonyl (C=O) groups excluding carboxylic acids is 1. The third kappa shape index (κ3) is 5.39. The molecule has 0 N–H and O–H groups in total. The second-order valence-electron chi connectivity index (χ2n) is 8.10. The van der Waals surface area contributed by atoms with Gasteiger partial charge >= 0.3 is 0 Å². The number of carbonyl (C=O) groups is 1. The van der Waals surface area contributed by atoms with Crippen molar-refractivity contribution >= 4 is 29.0 Å². The Kier molecular flexibility index (Phi) is 7.59. The summed E-state index contributed by atoms with van der Waals surface area (Å²) in [5.41, 5.74) is 1.93. The molecule has 1 atom stereocenters. The van der Waals surface area contributed by atoms with E-state index in [0.29, 0.717) is 11.7 Å². The molecule has 1 saturated heterocycles. The molecule has 0 bridgehead atoms. The average molecular weight is 474 g/mol. The fourth-order valence-electron chi connectivity index (χ4n) is 3.93. The summed E-state index contributed by atoms with van der Waals surface area (Å²) >= 11 is 2.99. The van der Waals surface area contributed by atoms with Gasteiger partial charge in [-0.2, -0.15) is 11.3 Å². The van der Waals surface area contributed by atoms with Crippen molar-refractivity contribution in [3.8, 4) is 5.69 Å². The molecule has 4 rings (SSSR count). The highest BCUT2D eigenvalue weighted by Crippen LogP contribution is 2.29. The molecule has 1 fully saturated rings. The molecular formula is C23H28FN5OS2. The summed E-state index contributed by atoms with van der Waals surface area (Å²) in [5.74, 6) is 0.824. The van der Waals surface area contributed by atoms with Crippen molar-refractivity contribution in [2.24, 2.45) is 0 Å². The van der Waals surface area contributed by atoms with Crippen molar-refractivity contribution < 1.29 is 9.18 Å². The van der Waals surface area contributed by atoms with E-state index in [1.807, 2.05) is 23.1 Å². The summed E-state index contributed by atoms with van der Waals surface area (Å²) in [6.45, 7) is 4.80. The van der Waals surface area contributed by atoms with Crippen LogP contribution in [-0.4, -0.2) is 56.4 Å². The molecule has 1 aliphatic heterocycles. The first-order valence-electron chi connectivity index (χ1n) is 10.9. The Morgan fingerprint density at radius 1 is 1.19 bits per heavy atom. The van der Waals surface area contributed by atoms with E-state index in [9.17, 15) is 9.18 Å². The number of halogens is 1. The number of thiophene rings is 1. The summed E-state index contributed by atoms with van der Waals surface area (Å²) in [6, 6.07) is 8.47. The zero-order chi connectivity index (χ0) is 22.5. The minimum absolute atomic E-state index is 0.0282. The maximum atomic E-state index is 13.6. The van der Waals surface area contributed by atoms with E-state index in [1.54, 1.807) is 28.4 Å². The van der Waals surface area contributed by atoms with Gasteiger partial charge in [0.1, 0.15) is 5.82 Å². The molecule has 9 heteroatoms. The number of nitrogens with zero attached hydrogens (tertiary/aromatic N) is 5. The van der Waals surface area contributed by atoms with Crippen molar-refractivity contribution in [2.45, 2.75) is 43.9 Å². The fraction of sp³-hybridized carbons (Fsp3) is 0.435. The van der Waals surface area contributed by atoms with Crippen LogP contribution in [-0.2, 0) is 11.3 Å². The van der Waals surface area contributed by atoms with Crippen LogP contribution in [0.4, 0.5) is 4.39 Å². The van der Waals surface area contributed by atoms with Gasteiger partial charge in [0.2, 0.25) is 5.91 Å². The van der Waals surface area contributed by atoms with Gasteiger partial charge in [0, 0.05) is 19.3 Å². The first-order valence-corrected chi connectivity index (χ1v) is 12.8. The zero-order valence-electron chi connectivity index (χ0n) is 18.4. The number of aromatic nitrogens is 3. The Morgan fingerprint density at radius 3 is 2.62 bits per heavy atom. The summed E-state index contributed by atoms with van der Waals surface area (Å²) in [6.07, 6.45) is 3.62. The molecular weight excluding hydrogens is 445 g/mol. The third-order valence-electron chi connectivity index (χ3n) is 5.81. The Morgan fingerprint density at radius 2 is 1.94 bits per heavy atom. The van der Waals surface area contributed by atoms with Gasteiger partial charge in [-0.05, 0) is 79.5 Å². The summed E-state index contributed by atoms with van der Waals surface area (Å²) in [5, 5.41) is 13.6. The predicted octanol–water partition coefficient (Wildman–Crippen LogP) is 4.77. The van der Waals surface area contributed by atoms with Crippen LogP contribution in [0.2, 0.25) is 0 Å². The fourth-order valence-corrected chi connectivity index (χ4v) is 5.49. The molecule has 1 amide bonds. The molecule has 1 aromatic carbocycles. The highest BCUT2D eigenvalue weighted by atomic mass is 32.2. The lowest BCUT2D eigenvalue weighted by atomic mass is 10.1. The largest absolute Gasteiger partial charge is 0.341 e. The lowest BCUT2D eigenvalue weighted by Crippen LogP contribution is -2.33. The van der Waals surface area contributed by atoms with Gasteiger partial charge in [0.15, 0.2) is 11.0 Å². The molecule has 0 unspecified atom stereocenters. The lowest BCUT2D eigenvalue weighted by molar-refractivity contribution is -0.127. The minimum Gasteiger partial charge on any atom is -0.341 e. The van der Waals surface area contributed by atoms with Crippen LogP contribution in [0.3, 0.4) is 0 Å². The van der Waals surface area contributed by atoms with Crippen LogP contribution < -0.4 is 0 Å². The van der Waals surface area contributed by atoms with Crippen molar-refractivity contribution in [2.75, 3.05) is 25.9 Å². The number of rotatable bonds is 8. The number of amides is 1. The molecule has 3 aromatic rings. The summed E-state index contributed by atoms with van der Waals surface area (Å²) in [7, 11) is 1.81. The second-order valence-corrected chi connectivity index (χ2v) is 9.82. The van der Waals surface area contributed by atoms with Crippen molar-refractivity contribution in [3.63, 3.8) is 0 Å². The van der Waals surface area contributed by atoms with Crippen molar-refractivity contribution in [3.05, 3.63) is 58.3 Å². The van der Waals surface area contributed by atoms with Crippen LogP contribution in [0.1, 0.15) is 43.6 Å². The first-order chi connectivity index (χ1) is 15.5. The molecule has 2 aromatic heterocycles. The number of hydrogen-bond acceptors (Lipinski definition) is 6. The van der Waals surface area contributed by atoms with E-state index in [-0.39, 0.29) is 23.5 Å². The Hall–Kier alpha value is -2.23. The highest BCUT2D eigenvalue weighted by molar-refractivity contribution is 7.99. The maximum absolute atomic E-state index is 13.6. The highest BCUT2D eigenvalue weighted by Gasteiger charge is 2.26. The van der Waals surface area contributed by atoms with E-state index in [4.69, 9.17) is 0 Å². The second kappa shape index (κ2) is 10.6.